The molecule has 6 heteroatoms. The van der Waals surface area contributed by atoms with E-state index in [0.29, 0.717) is 11.5 Å². The molecule has 2 aromatic rings. The third kappa shape index (κ3) is 1.83. The summed E-state index contributed by atoms with van der Waals surface area (Å²) in [5.41, 5.74) is 0.514. The Balaban J connectivity index is 2.43. The van der Waals surface area contributed by atoms with Crippen LogP contribution < -0.4 is 0 Å². The van der Waals surface area contributed by atoms with Gasteiger partial charge in [-0.2, -0.15) is 12.6 Å². The van der Waals surface area contributed by atoms with Crippen molar-refractivity contribution >= 4 is 18.4 Å². The lowest BCUT2D eigenvalue weighted by molar-refractivity contribution is 0.0305. The lowest BCUT2D eigenvalue weighted by Gasteiger charge is -2.14. The number of fused-ring (bicyclic) bond motifs is 1. The standard InChI is InChI=1S/C9H11N3O2S/c13-7(5-15)8(14)6-4-11-9-10-2-1-3-12(6)9/h1-4,7-8,13-15H,5H2. The van der Waals surface area contributed by atoms with Crippen molar-refractivity contribution in [2.75, 3.05) is 5.75 Å². The number of rotatable bonds is 3. The van der Waals surface area contributed by atoms with E-state index in [1.165, 1.54) is 6.20 Å². The number of aliphatic hydroxyl groups excluding tert-OH is 2. The molecule has 2 atom stereocenters. The molecule has 0 radical (unpaired) electrons. The first-order valence-corrected chi connectivity index (χ1v) is 5.12. The Labute approximate surface area is 91.8 Å². The van der Waals surface area contributed by atoms with E-state index in [-0.39, 0.29) is 5.75 Å². The van der Waals surface area contributed by atoms with Gasteiger partial charge in [-0.1, -0.05) is 0 Å². The largest absolute Gasteiger partial charge is 0.389 e. The summed E-state index contributed by atoms with van der Waals surface area (Å²) in [6.45, 7) is 0. The zero-order valence-electron chi connectivity index (χ0n) is 7.85. The molecule has 2 aromatic heterocycles. The second kappa shape index (κ2) is 4.18. The van der Waals surface area contributed by atoms with E-state index in [0.717, 1.165) is 0 Å². The van der Waals surface area contributed by atoms with E-state index < -0.39 is 12.2 Å². The Hall–Kier alpha value is -1.11. The van der Waals surface area contributed by atoms with Gasteiger partial charge in [0, 0.05) is 18.1 Å². The van der Waals surface area contributed by atoms with Gasteiger partial charge in [0.1, 0.15) is 6.10 Å². The van der Waals surface area contributed by atoms with Crippen molar-refractivity contribution in [2.45, 2.75) is 12.2 Å². The first-order chi connectivity index (χ1) is 7.24. The molecular formula is C9H11N3O2S. The third-order valence-electron chi connectivity index (χ3n) is 2.17. The summed E-state index contributed by atoms with van der Waals surface area (Å²) in [7, 11) is 0. The Kier molecular flexibility index (Phi) is 2.90. The van der Waals surface area contributed by atoms with Crippen molar-refractivity contribution < 1.29 is 10.2 Å². The molecule has 0 saturated heterocycles. The van der Waals surface area contributed by atoms with Gasteiger partial charge in [0.05, 0.1) is 18.0 Å². The van der Waals surface area contributed by atoms with Gasteiger partial charge < -0.3 is 10.2 Å². The van der Waals surface area contributed by atoms with Gasteiger partial charge in [-0.05, 0) is 6.07 Å². The Bertz CT molecular complexity index is 459. The maximum Gasteiger partial charge on any atom is 0.233 e. The van der Waals surface area contributed by atoms with Crippen LogP contribution in [0.15, 0.2) is 24.7 Å². The Morgan fingerprint density at radius 3 is 2.93 bits per heavy atom. The quantitative estimate of drug-likeness (QED) is 0.646. The summed E-state index contributed by atoms with van der Waals surface area (Å²) < 4.78 is 1.64. The minimum absolute atomic E-state index is 0.189. The second-order valence-electron chi connectivity index (χ2n) is 3.17. The Morgan fingerprint density at radius 2 is 2.20 bits per heavy atom. The van der Waals surface area contributed by atoms with Crippen LogP contribution in [0.5, 0.6) is 0 Å². The van der Waals surface area contributed by atoms with Crippen LogP contribution in [-0.4, -0.2) is 36.4 Å². The highest BCUT2D eigenvalue weighted by Gasteiger charge is 2.20. The molecule has 0 aromatic carbocycles. The number of imidazole rings is 1. The summed E-state index contributed by atoms with van der Waals surface area (Å²) in [6, 6.07) is 1.73. The van der Waals surface area contributed by atoms with Gasteiger partial charge in [-0.15, -0.1) is 0 Å². The molecular weight excluding hydrogens is 214 g/mol. The summed E-state index contributed by atoms with van der Waals surface area (Å²) in [6.07, 6.45) is 2.95. The van der Waals surface area contributed by atoms with Crippen LogP contribution >= 0.6 is 12.6 Å². The smallest absolute Gasteiger partial charge is 0.233 e. The molecule has 2 heterocycles. The summed E-state index contributed by atoms with van der Waals surface area (Å²) in [4.78, 5) is 8.02. The maximum absolute atomic E-state index is 9.79. The van der Waals surface area contributed by atoms with Gasteiger partial charge >= 0.3 is 0 Å². The fourth-order valence-corrected chi connectivity index (χ4v) is 1.56. The average Bonchev–Trinajstić information content (AvgIpc) is 2.70. The second-order valence-corrected chi connectivity index (χ2v) is 3.53. The molecule has 15 heavy (non-hydrogen) atoms. The number of hydrogen-bond acceptors (Lipinski definition) is 5. The molecule has 0 amide bonds. The molecule has 0 fully saturated rings. The molecule has 0 aliphatic carbocycles. The predicted molar refractivity (Wildman–Crippen MR) is 57.8 cm³/mol. The first kappa shape index (κ1) is 10.4. The van der Waals surface area contributed by atoms with Crippen LogP contribution in [0.3, 0.4) is 0 Å². The minimum Gasteiger partial charge on any atom is -0.389 e. The van der Waals surface area contributed by atoms with Crippen molar-refractivity contribution in [3.63, 3.8) is 0 Å². The highest BCUT2D eigenvalue weighted by atomic mass is 32.1. The Morgan fingerprint density at radius 1 is 1.40 bits per heavy atom. The minimum atomic E-state index is -0.998. The van der Waals surface area contributed by atoms with Crippen molar-refractivity contribution in [1.29, 1.82) is 0 Å². The lowest BCUT2D eigenvalue weighted by Crippen LogP contribution is -2.21. The van der Waals surface area contributed by atoms with Crippen molar-refractivity contribution in [2.24, 2.45) is 0 Å². The van der Waals surface area contributed by atoms with Crippen molar-refractivity contribution in [3.8, 4) is 0 Å². The molecule has 0 aliphatic rings. The molecule has 2 rings (SSSR count). The van der Waals surface area contributed by atoms with Crippen LogP contribution in [0.2, 0.25) is 0 Å². The number of aromatic nitrogens is 3. The topological polar surface area (TPSA) is 70.7 Å². The van der Waals surface area contributed by atoms with E-state index >= 15 is 0 Å². The van der Waals surface area contributed by atoms with Gasteiger partial charge in [0.2, 0.25) is 5.78 Å². The van der Waals surface area contributed by atoms with E-state index in [4.69, 9.17) is 0 Å². The van der Waals surface area contributed by atoms with Crippen LogP contribution in [0.1, 0.15) is 11.8 Å². The van der Waals surface area contributed by atoms with Gasteiger partial charge in [0.25, 0.3) is 0 Å². The van der Waals surface area contributed by atoms with Crippen LogP contribution in [0, 0.1) is 0 Å². The summed E-state index contributed by atoms with van der Waals surface area (Å²) >= 11 is 3.92. The highest BCUT2D eigenvalue weighted by molar-refractivity contribution is 7.80. The fraction of sp³-hybridized carbons (Fsp3) is 0.333. The summed E-state index contributed by atoms with van der Waals surface area (Å²) in [5, 5.41) is 19.3. The SMILES string of the molecule is OC(CS)C(O)c1cnc2ncccn12. The summed E-state index contributed by atoms with van der Waals surface area (Å²) in [5.74, 6) is 0.687. The van der Waals surface area contributed by atoms with E-state index in [1.807, 2.05) is 0 Å². The van der Waals surface area contributed by atoms with E-state index in [2.05, 4.69) is 22.6 Å². The molecule has 0 aliphatic heterocycles. The van der Waals surface area contributed by atoms with Crippen LogP contribution in [0.4, 0.5) is 0 Å². The molecule has 2 N–H and O–H groups in total. The first-order valence-electron chi connectivity index (χ1n) is 4.49. The monoisotopic (exact) mass is 225 g/mol. The molecule has 0 saturated carbocycles. The van der Waals surface area contributed by atoms with Gasteiger partial charge in [-0.3, -0.25) is 4.40 Å². The molecule has 5 nitrogen and oxygen atoms in total. The van der Waals surface area contributed by atoms with Gasteiger partial charge in [-0.25, -0.2) is 9.97 Å². The van der Waals surface area contributed by atoms with E-state index in [9.17, 15) is 10.2 Å². The zero-order chi connectivity index (χ0) is 10.8. The van der Waals surface area contributed by atoms with Crippen LogP contribution in [0.25, 0.3) is 5.78 Å². The van der Waals surface area contributed by atoms with Gasteiger partial charge in [0.15, 0.2) is 0 Å². The van der Waals surface area contributed by atoms with Crippen molar-refractivity contribution in [3.05, 3.63) is 30.4 Å². The lowest BCUT2D eigenvalue weighted by atomic mass is 10.2. The highest BCUT2D eigenvalue weighted by Crippen LogP contribution is 2.18. The van der Waals surface area contributed by atoms with E-state index in [1.54, 1.807) is 22.9 Å². The third-order valence-corrected chi connectivity index (χ3v) is 2.55. The number of aliphatic hydroxyl groups is 2. The number of hydrogen-bond donors (Lipinski definition) is 3. The number of thiol groups is 1. The molecule has 80 valence electrons. The maximum atomic E-state index is 9.79. The number of nitrogens with zero attached hydrogens (tertiary/aromatic N) is 3. The molecule has 0 bridgehead atoms. The zero-order valence-corrected chi connectivity index (χ0v) is 8.75. The molecule has 0 spiro atoms. The van der Waals surface area contributed by atoms with Crippen LogP contribution in [-0.2, 0) is 0 Å². The molecule has 2 unspecified atom stereocenters. The van der Waals surface area contributed by atoms with Crippen molar-refractivity contribution in [1.82, 2.24) is 14.4 Å². The predicted octanol–water partition coefficient (Wildman–Crippen LogP) is 0.0534. The average molecular weight is 225 g/mol. The fourth-order valence-electron chi connectivity index (χ4n) is 1.36. The normalized spacial score (nSPS) is 15.4.